The maximum atomic E-state index is 12.2. The van der Waals surface area contributed by atoms with Gasteiger partial charge in [0.25, 0.3) is 0 Å². The molecule has 8 heteroatoms. The maximum absolute atomic E-state index is 12.2. The second kappa shape index (κ2) is 9.25. The van der Waals surface area contributed by atoms with E-state index >= 15 is 0 Å². The van der Waals surface area contributed by atoms with Gasteiger partial charge in [-0.05, 0) is 77.7 Å². The van der Waals surface area contributed by atoms with Gasteiger partial charge < -0.3 is 10.1 Å². The number of rotatable bonds is 7. The third-order valence-electron chi connectivity index (χ3n) is 4.07. The Morgan fingerprint density at radius 2 is 2.00 bits per heavy atom. The van der Waals surface area contributed by atoms with Gasteiger partial charge in [0.05, 0.1) is 11.4 Å². The number of aromatic amines is 1. The first-order chi connectivity index (χ1) is 13.4. The lowest BCUT2D eigenvalue weighted by Crippen LogP contribution is -2.14. The predicted octanol–water partition coefficient (Wildman–Crippen LogP) is 4.80. The smallest absolute Gasteiger partial charge is 0.234 e. The molecule has 0 bridgehead atoms. The van der Waals surface area contributed by atoms with Crippen molar-refractivity contribution in [2.75, 3.05) is 11.1 Å². The fourth-order valence-corrected chi connectivity index (χ4v) is 3.63. The molecule has 28 heavy (non-hydrogen) atoms. The number of halogens is 1. The molecule has 0 radical (unpaired) electrons. The van der Waals surface area contributed by atoms with E-state index in [4.69, 9.17) is 4.74 Å². The highest BCUT2D eigenvalue weighted by Crippen LogP contribution is 2.26. The molecular weight excluding hydrogens is 440 g/mol. The zero-order chi connectivity index (χ0) is 20.1. The van der Waals surface area contributed by atoms with Crippen molar-refractivity contribution in [3.05, 3.63) is 63.4 Å². The van der Waals surface area contributed by atoms with Gasteiger partial charge in [-0.3, -0.25) is 9.89 Å². The van der Waals surface area contributed by atoms with Crippen molar-refractivity contribution in [2.45, 2.75) is 32.5 Å². The van der Waals surface area contributed by atoms with E-state index in [9.17, 15) is 4.79 Å². The third kappa shape index (κ3) is 5.59. The Morgan fingerprint density at radius 3 is 2.79 bits per heavy atom. The van der Waals surface area contributed by atoms with E-state index in [0.29, 0.717) is 17.6 Å². The van der Waals surface area contributed by atoms with Gasteiger partial charge in [-0.1, -0.05) is 23.9 Å². The van der Waals surface area contributed by atoms with Gasteiger partial charge in [0.2, 0.25) is 11.1 Å². The fourth-order valence-electron chi connectivity index (χ4n) is 2.46. The number of thioether (sulfide) groups is 1. The number of amides is 1. The van der Waals surface area contributed by atoms with Crippen LogP contribution in [0, 0.1) is 20.8 Å². The summed E-state index contributed by atoms with van der Waals surface area (Å²) in [6.07, 6.45) is 0. The first-order valence-electron chi connectivity index (χ1n) is 8.71. The Kier molecular flexibility index (Phi) is 6.74. The lowest BCUT2D eigenvalue weighted by Gasteiger charge is -2.09. The standard InChI is InChI=1S/C20H21BrN4O2S/c1-12-5-4-6-15(7-12)27-10-18-23-20(25-24-18)28-11-19(26)22-17-9-14(3)13(2)8-16(17)21/h4-9H,10-11H2,1-3H3,(H,22,26)(H,23,24,25). The molecule has 0 saturated carbocycles. The van der Waals surface area contributed by atoms with Crippen LogP contribution in [0.25, 0.3) is 0 Å². The van der Waals surface area contributed by atoms with Crippen molar-refractivity contribution in [2.24, 2.45) is 0 Å². The molecule has 0 aliphatic heterocycles. The normalized spacial score (nSPS) is 10.7. The molecule has 6 nitrogen and oxygen atoms in total. The molecule has 0 unspecified atom stereocenters. The molecule has 1 aromatic heterocycles. The Balaban J connectivity index is 1.50. The number of nitrogens with one attached hydrogen (secondary N) is 2. The molecule has 3 aromatic rings. The van der Waals surface area contributed by atoms with Gasteiger partial charge in [0, 0.05) is 4.47 Å². The van der Waals surface area contributed by atoms with E-state index < -0.39 is 0 Å². The SMILES string of the molecule is Cc1cccc(OCc2nc(SCC(=O)Nc3cc(C)c(C)cc3Br)n[nH]2)c1. The number of hydrogen-bond acceptors (Lipinski definition) is 5. The van der Waals surface area contributed by atoms with Crippen LogP contribution in [0.3, 0.4) is 0 Å². The molecule has 0 fully saturated rings. The first-order valence-corrected chi connectivity index (χ1v) is 10.5. The third-order valence-corrected chi connectivity index (χ3v) is 5.57. The Morgan fingerprint density at radius 1 is 1.21 bits per heavy atom. The molecule has 3 rings (SSSR count). The van der Waals surface area contributed by atoms with Crippen LogP contribution in [0.1, 0.15) is 22.5 Å². The summed E-state index contributed by atoms with van der Waals surface area (Å²) >= 11 is 4.75. The molecule has 0 aliphatic rings. The molecule has 146 valence electrons. The quantitative estimate of drug-likeness (QED) is 0.494. The largest absolute Gasteiger partial charge is 0.486 e. The molecule has 1 amide bonds. The number of nitrogens with zero attached hydrogens (tertiary/aromatic N) is 2. The predicted molar refractivity (Wildman–Crippen MR) is 115 cm³/mol. The summed E-state index contributed by atoms with van der Waals surface area (Å²) in [6, 6.07) is 11.8. The van der Waals surface area contributed by atoms with Crippen LogP contribution in [0.4, 0.5) is 5.69 Å². The summed E-state index contributed by atoms with van der Waals surface area (Å²) in [5, 5.41) is 10.4. The van der Waals surface area contributed by atoms with E-state index in [1.807, 2.05) is 57.2 Å². The molecule has 2 N–H and O–H groups in total. The molecule has 0 aliphatic carbocycles. The fraction of sp³-hybridized carbons (Fsp3) is 0.250. The van der Waals surface area contributed by atoms with E-state index in [1.165, 1.54) is 17.3 Å². The van der Waals surface area contributed by atoms with Crippen LogP contribution >= 0.6 is 27.7 Å². The number of aromatic nitrogens is 3. The van der Waals surface area contributed by atoms with Gasteiger partial charge in [0.1, 0.15) is 12.4 Å². The summed E-state index contributed by atoms with van der Waals surface area (Å²) in [5.74, 6) is 1.50. The van der Waals surface area contributed by atoms with Crippen LogP contribution in [0.5, 0.6) is 5.75 Å². The van der Waals surface area contributed by atoms with E-state index in [-0.39, 0.29) is 11.7 Å². The highest BCUT2D eigenvalue weighted by molar-refractivity contribution is 9.10. The summed E-state index contributed by atoms with van der Waals surface area (Å²) in [4.78, 5) is 16.6. The van der Waals surface area contributed by atoms with Gasteiger partial charge in [-0.15, -0.1) is 5.10 Å². The molecule has 1 heterocycles. The number of aryl methyl sites for hydroxylation is 3. The molecular formula is C20H21BrN4O2S. The lowest BCUT2D eigenvalue weighted by atomic mass is 10.1. The van der Waals surface area contributed by atoms with Crippen molar-refractivity contribution in [3.63, 3.8) is 0 Å². The van der Waals surface area contributed by atoms with Crippen LogP contribution < -0.4 is 10.1 Å². The number of hydrogen-bond donors (Lipinski definition) is 2. The zero-order valence-electron chi connectivity index (χ0n) is 15.9. The minimum absolute atomic E-state index is 0.115. The first kappa shape index (κ1) is 20.4. The lowest BCUT2D eigenvalue weighted by molar-refractivity contribution is -0.113. The summed E-state index contributed by atoms with van der Waals surface area (Å²) in [5.41, 5.74) is 4.18. The number of ether oxygens (including phenoxy) is 1. The highest BCUT2D eigenvalue weighted by atomic mass is 79.9. The summed E-state index contributed by atoms with van der Waals surface area (Å²) < 4.78 is 6.56. The minimum atomic E-state index is -0.115. The summed E-state index contributed by atoms with van der Waals surface area (Å²) in [7, 11) is 0. The molecule has 0 saturated heterocycles. The van der Waals surface area contributed by atoms with E-state index in [1.54, 1.807) is 0 Å². The van der Waals surface area contributed by atoms with Crippen molar-refractivity contribution < 1.29 is 9.53 Å². The number of carbonyl (C=O) groups is 1. The van der Waals surface area contributed by atoms with Gasteiger partial charge >= 0.3 is 0 Å². The van der Waals surface area contributed by atoms with Crippen LogP contribution in [0.2, 0.25) is 0 Å². The Bertz CT molecular complexity index is 990. The van der Waals surface area contributed by atoms with E-state index in [2.05, 4.69) is 36.4 Å². The topological polar surface area (TPSA) is 79.9 Å². The second-order valence-corrected chi connectivity index (χ2v) is 8.22. The zero-order valence-corrected chi connectivity index (χ0v) is 18.3. The average molecular weight is 461 g/mol. The number of benzene rings is 2. The molecule has 0 atom stereocenters. The Hall–Kier alpha value is -2.32. The van der Waals surface area contributed by atoms with E-state index in [0.717, 1.165) is 27.0 Å². The van der Waals surface area contributed by atoms with Crippen molar-refractivity contribution in [3.8, 4) is 5.75 Å². The van der Waals surface area contributed by atoms with Crippen LogP contribution in [-0.2, 0) is 11.4 Å². The van der Waals surface area contributed by atoms with Crippen LogP contribution in [0.15, 0.2) is 46.0 Å². The monoisotopic (exact) mass is 460 g/mol. The van der Waals surface area contributed by atoms with Crippen molar-refractivity contribution in [1.29, 1.82) is 0 Å². The van der Waals surface area contributed by atoms with Gasteiger partial charge in [-0.2, -0.15) is 0 Å². The molecule has 2 aromatic carbocycles. The second-order valence-electron chi connectivity index (χ2n) is 6.42. The molecule has 0 spiro atoms. The average Bonchev–Trinajstić information content (AvgIpc) is 3.11. The number of H-pyrrole nitrogens is 1. The number of anilines is 1. The summed E-state index contributed by atoms with van der Waals surface area (Å²) in [6.45, 7) is 6.35. The highest BCUT2D eigenvalue weighted by Gasteiger charge is 2.11. The minimum Gasteiger partial charge on any atom is -0.486 e. The van der Waals surface area contributed by atoms with Gasteiger partial charge in [-0.25, -0.2) is 4.98 Å². The van der Waals surface area contributed by atoms with Gasteiger partial charge in [0.15, 0.2) is 5.82 Å². The van der Waals surface area contributed by atoms with Crippen molar-refractivity contribution in [1.82, 2.24) is 15.2 Å². The van der Waals surface area contributed by atoms with Crippen LogP contribution in [-0.4, -0.2) is 26.8 Å². The Labute approximate surface area is 176 Å². The number of carbonyl (C=O) groups excluding carboxylic acids is 1. The van der Waals surface area contributed by atoms with Crippen molar-refractivity contribution >= 4 is 39.3 Å². The maximum Gasteiger partial charge on any atom is 0.234 e.